The van der Waals surface area contributed by atoms with Crippen LogP contribution in [0.1, 0.15) is 33.9 Å². The zero-order valence-corrected chi connectivity index (χ0v) is 23.5. The molecule has 0 spiro atoms. The molecule has 0 aliphatic carbocycles. The summed E-state index contributed by atoms with van der Waals surface area (Å²) in [6.07, 6.45) is -3.52. The maximum atomic E-state index is 16.0. The number of nitrogens with one attached hydrogen (secondary N) is 2. The van der Waals surface area contributed by atoms with E-state index in [-0.39, 0.29) is 17.3 Å². The van der Waals surface area contributed by atoms with Crippen molar-refractivity contribution >= 4 is 36.6 Å². The van der Waals surface area contributed by atoms with Gasteiger partial charge in [0.15, 0.2) is 28.9 Å². The van der Waals surface area contributed by atoms with Crippen molar-refractivity contribution in [3.63, 3.8) is 0 Å². The smallest absolute Gasteiger partial charge is 0.459 e. The summed E-state index contributed by atoms with van der Waals surface area (Å²) in [4.78, 5) is 24.8. The molecule has 1 fully saturated rings. The molecule has 0 bridgehead atoms. The summed E-state index contributed by atoms with van der Waals surface area (Å²) < 4.78 is 53.2. The first-order valence-electron chi connectivity index (χ1n) is 12.5. The summed E-state index contributed by atoms with van der Waals surface area (Å²) in [5.74, 6) is -0.243. The van der Waals surface area contributed by atoms with Crippen molar-refractivity contribution < 1.29 is 37.4 Å². The van der Waals surface area contributed by atoms with Crippen LogP contribution in [0.4, 0.5) is 16.2 Å². The highest BCUT2D eigenvalue weighted by Crippen LogP contribution is 2.48. The molecule has 5 N–H and O–H groups in total. The van der Waals surface area contributed by atoms with Crippen LogP contribution in [0.2, 0.25) is 0 Å². The number of aromatic nitrogens is 4. The van der Waals surface area contributed by atoms with Gasteiger partial charge >= 0.3 is 13.7 Å². The molecule has 0 saturated carbocycles. The number of rotatable bonds is 11. The van der Waals surface area contributed by atoms with Crippen molar-refractivity contribution in [2.24, 2.45) is 0 Å². The fourth-order valence-electron chi connectivity index (χ4n) is 4.14. The van der Waals surface area contributed by atoms with Gasteiger partial charge in [0.1, 0.15) is 24.0 Å². The van der Waals surface area contributed by atoms with Gasteiger partial charge in [-0.25, -0.2) is 13.9 Å². The molecule has 1 saturated heterocycles. The van der Waals surface area contributed by atoms with Crippen LogP contribution in [0.25, 0.3) is 11.2 Å². The Hall–Kier alpha value is -3.36. The van der Waals surface area contributed by atoms with Crippen LogP contribution in [0.3, 0.4) is 0 Å². The molecule has 40 heavy (non-hydrogen) atoms. The Kier molecular flexibility index (Phi) is 8.61. The van der Waals surface area contributed by atoms with E-state index in [1.54, 1.807) is 51.2 Å². The fourth-order valence-corrected chi connectivity index (χ4v) is 5.64. The number of aliphatic hydroxyl groups is 1. The van der Waals surface area contributed by atoms with Crippen LogP contribution in [0.15, 0.2) is 36.7 Å². The number of ether oxygens (including phenoxy) is 2. The number of hydrogen-bond acceptors (Lipinski definition) is 12. The van der Waals surface area contributed by atoms with E-state index in [1.807, 2.05) is 0 Å². The van der Waals surface area contributed by atoms with Crippen molar-refractivity contribution in [3.8, 4) is 5.75 Å². The molecule has 0 amide bonds. The first-order valence-corrected chi connectivity index (χ1v) is 14.1. The Morgan fingerprint density at radius 3 is 2.65 bits per heavy atom. The van der Waals surface area contributed by atoms with Gasteiger partial charge in [0.05, 0.1) is 19.0 Å². The van der Waals surface area contributed by atoms with Gasteiger partial charge in [0, 0.05) is 7.05 Å². The number of nitrogen functional groups attached to an aromatic ring is 1. The molecule has 3 heterocycles. The van der Waals surface area contributed by atoms with Gasteiger partial charge in [-0.3, -0.25) is 13.9 Å². The third kappa shape index (κ3) is 6.18. The largest absolute Gasteiger partial charge is 0.462 e. The second-order valence-electron chi connectivity index (χ2n) is 9.66. The standard InChI is InChI=1S/C24H33FN7O7P/c1-13(2)37-21(34)14(3)31-40(35,39-15-9-7-6-8-10-15)36-11-16-18(33)24(4,25)22(38-16)32-12-28-17-19(27-5)29-23(26)30-20(17)32/h6-10,12-14,16,18,22,33H,11H2,1-5H3,(H,31,35)(H3,26,27,29,30)/t14?,16-,18-,22-,24-,40?/m1/s1. The zero-order valence-electron chi connectivity index (χ0n) is 22.6. The quantitative estimate of drug-likeness (QED) is 0.191. The highest BCUT2D eigenvalue weighted by atomic mass is 31.2. The third-order valence-electron chi connectivity index (χ3n) is 6.08. The Morgan fingerprint density at radius 2 is 2.00 bits per heavy atom. The SMILES string of the molecule is CNc1nc(N)nc2c1ncn2[C@@H]1O[C@H](COP(=O)(NC(C)C(=O)OC(C)C)Oc2ccccc2)[C@@H](O)[C@@]1(C)F. The number of nitrogens with zero attached hydrogens (tertiary/aromatic N) is 4. The van der Waals surface area contributed by atoms with Crippen LogP contribution in [0.5, 0.6) is 5.75 Å². The predicted octanol–water partition coefficient (Wildman–Crippen LogP) is 2.57. The summed E-state index contributed by atoms with van der Waals surface area (Å²) in [6, 6.07) is 7.05. The van der Waals surface area contributed by atoms with Gasteiger partial charge < -0.3 is 30.2 Å². The predicted molar refractivity (Wildman–Crippen MR) is 143 cm³/mol. The second-order valence-corrected chi connectivity index (χ2v) is 11.4. The number of carbonyl (C=O) groups excluding carboxylic acids is 1. The number of halogens is 1. The molecule has 1 aromatic carbocycles. The number of esters is 1. The summed E-state index contributed by atoms with van der Waals surface area (Å²) in [5, 5.41) is 16.2. The van der Waals surface area contributed by atoms with E-state index in [0.717, 1.165) is 6.92 Å². The monoisotopic (exact) mass is 581 g/mol. The zero-order chi connectivity index (χ0) is 29.2. The molecule has 14 nitrogen and oxygen atoms in total. The minimum Gasteiger partial charge on any atom is -0.462 e. The van der Waals surface area contributed by atoms with Gasteiger partial charge in [-0.1, -0.05) is 18.2 Å². The Labute approximate surface area is 230 Å². The van der Waals surface area contributed by atoms with Gasteiger partial charge in [-0.05, 0) is 39.8 Å². The number of fused-ring (bicyclic) bond motifs is 1. The maximum Gasteiger partial charge on any atom is 0.459 e. The fraction of sp³-hybridized carbons (Fsp3) is 0.500. The first kappa shape index (κ1) is 29.6. The minimum atomic E-state index is -4.28. The van der Waals surface area contributed by atoms with Crippen LogP contribution >= 0.6 is 7.75 Å². The van der Waals surface area contributed by atoms with Crippen molar-refractivity contribution in [3.05, 3.63) is 36.7 Å². The Bertz CT molecular complexity index is 1390. The van der Waals surface area contributed by atoms with Gasteiger partial charge in [-0.2, -0.15) is 15.1 Å². The van der Waals surface area contributed by atoms with E-state index in [0.29, 0.717) is 11.3 Å². The lowest BCUT2D eigenvalue weighted by Gasteiger charge is -2.25. The van der Waals surface area contributed by atoms with Crippen LogP contribution < -0.4 is 20.7 Å². The normalized spacial score (nSPS) is 25.1. The molecule has 0 radical (unpaired) electrons. The van der Waals surface area contributed by atoms with E-state index in [4.69, 9.17) is 24.3 Å². The third-order valence-corrected chi connectivity index (χ3v) is 7.72. The number of benzene rings is 1. The van der Waals surface area contributed by atoms with Crippen LogP contribution in [-0.2, 0) is 23.4 Å². The Balaban J connectivity index is 1.56. The van der Waals surface area contributed by atoms with E-state index in [9.17, 15) is 14.5 Å². The van der Waals surface area contributed by atoms with Crippen LogP contribution in [-0.4, -0.2) is 74.3 Å². The van der Waals surface area contributed by atoms with E-state index in [2.05, 4.69) is 25.4 Å². The molecular weight excluding hydrogens is 548 g/mol. The molecule has 4 rings (SSSR count). The number of hydrogen-bond donors (Lipinski definition) is 4. The van der Waals surface area contributed by atoms with Crippen LogP contribution in [0, 0.1) is 0 Å². The molecule has 1 aliphatic rings. The highest BCUT2D eigenvalue weighted by Gasteiger charge is 2.56. The maximum absolute atomic E-state index is 16.0. The minimum absolute atomic E-state index is 0.0761. The highest BCUT2D eigenvalue weighted by molar-refractivity contribution is 7.52. The number of aliphatic hydroxyl groups excluding tert-OH is 1. The number of para-hydroxylation sites is 1. The second kappa shape index (κ2) is 11.6. The number of anilines is 2. The molecule has 3 aromatic rings. The number of nitrogens with two attached hydrogens (primary N) is 1. The number of carbonyl (C=O) groups is 1. The van der Waals surface area contributed by atoms with E-state index < -0.39 is 56.6 Å². The lowest BCUT2D eigenvalue weighted by Crippen LogP contribution is -2.41. The van der Waals surface area contributed by atoms with Gasteiger partial charge in [-0.15, -0.1) is 0 Å². The summed E-state index contributed by atoms with van der Waals surface area (Å²) >= 11 is 0. The Morgan fingerprint density at radius 1 is 1.30 bits per heavy atom. The molecule has 1 aliphatic heterocycles. The molecule has 2 aromatic heterocycles. The van der Waals surface area contributed by atoms with Crippen molar-refractivity contribution in [1.29, 1.82) is 0 Å². The number of alkyl halides is 1. The summed E-state index contributed by atoms with van der Waals surface area (Å²) in [5.41, 5.74) is 3.94. The topological polar surface area (TPSA) is 185 Å². The van der Waals surface area contributed by atoms with Gasteiger partial charge in [0.25, 0.3) is 0 Å². The molecule has 218 valence electrons. The van der Waals surface area contributed by atoms with Crippen molar-refractivity contribution in [1.82, 2.24) is 24.6 Å². The van der Waals surface area contributed by atoms with Crippen molar-refractivity contribution in [2.75, 3.05) is 24.7 Å². The molecule has 6 atom stereocenters. The average Bonchev–Trinajstić information content (AvgIpc) is 3.40. The van der Waals surface area contributed by atoms with E-state index >= 15 is 4.39 Å². The summed E-state index contributed by atoms with van der Waals surface area (Å²) in [6.45, 7) is 5.37. The lowest BCUT2D eigenvalue weighted by molar-refractivity contribution is -0.149. The first-order chi connectivity index (χ1) is 18.8. The average molecular weight is 582 g/mol. The molecule has 2 unspecified atom stereocenters. The van der Waals surface area contributed by atoms with Gasteiger partial charge in [0.2, 0.25) is 5.95 Å². The lowest BCUT2D eigenvalue weighted by atomic mass is 9.98. The van der Waals surface area contributed by atoms with Crippen molar-refractivity contribution in [2.45, 2.75) is 63.9 Å². The van der Waals surface area contributed by atoms with E-state index in [1.165, 1.54) is 17.8 Å². The summed E-state index contributed by atoms with van der Waals surface area (Å²) in [7, 11) is -2.66. The molecule has 16 heteroatoms. The number of imidazole rings is 1. The molecular formula is C24H33FN7O7P.